The van der Waals surface area contributed by atoms with E-state index in [2.05, 4.69) is 18.7 Å². The molecule has 0 bridgehead atoms. The van der Waals surface area contributed by atoms with Crippen LogP contribution in [0.2, 0.25) is 0 Å². The van der Waals surface area contributed by atoms with Gasteiger partial charge in [0.15, 0.2) is 11.5 Å². The first-order chi connectivity index (χ1) is 10.4. The van der Waals surface area contributed by atoms with Crippen LogP contribution in [0, 0.1) is 6.57 Å². The molecule has 1 aliphatic rings. The highest BCUT2D eigenvalue weighted by atomic mass is 16.5. The number of hydrogen-bond donors (Lipinski definition) is 0. The van der Waals surface area contributed by atoms with Crippen LogP contribution in [-0.2, 0) is 14.9 Å². The minimum absolute atomic E-state index is 0.0292. The van der Waals surface area contributed by atoms with Crippen molar-refractivity contribution in [1.29, 1.82) is 0 Å². The Morgan fingerprint density at radius 2 is 1.77 bits per heavy atom. The molecule has 0 fully saturated rings. The fourth-order valence-corrected chi connectivity index (χ4v) is 2.87. The second-order valence-corrected chi connectivity index (χ2v) is 5.74. The highest BCUT2D eigenvalue weighted by molar-refractivity contribution is 6.01. The molecule has 0 aliphatic heterocycles. The predicted octanol–water partition coefficient (Wildman–Crippen LogP) is 3.19. The van der Waals surface area contributed by atoms with Crippen molar-refractivity contribution in [3.05, 3.63) is 40.4 Å². The van der Waals surface area contributed by atoms with Gasteiger partial charge in [-0.25, -0.2) is 4.85 Å². The van der Waals surface area contributed by atoms with Crippen LogP contribution in [0.15, 0.2) is 17.8 Å². The predicted molar refractivity (Wildman–Crippen MR) is 82.7 cm³/mol. The zero-order valence-corrected chi connectivity index (χ0v) is 13.4. The van der Waals surface area contributed by atoms with Gasteiger partial charge in [0.05, 0.1) is 27.9 Å². The summed E-state index contributed by atoms with van der Waals surface area (Å²) >= 11 is 0. The van der Waals surface area contributed by atoms with E-state index in [9.17, 15) is 4.79 Å². The molecule has 1 aromatic carbocycles. The van der Waals surface area contributed by atoms with Crippen molar-refractivity contribution in [2.75, 3.05) is 21.3 Å². The Morgan fingerprint density at radius 3 is 2.27 bits per heavy atom. The molecule has 0 spiro atoms. The number of hydrogen-bond acceptors (Lipinski definition) is 4. The molecule has 0 heterocycles. The van der Waals surface area contributed by atoms with Crippen molar-refractivity contribution in [2.45, 2.75) is 25.7 Å². The molecular formula is C17H19NO4. The fraction of sp³-hybridized carbons (Fsp3) is 0.412. The first-order valence-corrected chi connectivity index (χ1v) is 6.85. The molecule has 5 nitrogen and oxygen atoms in total. The maximum absolute atomic E-state index is 11.9. The van der Waals surface area contributed by atoms with Crippen LogP contribution < -0.4 is 9.47 Å². The van der Waals surface area contributed by atoms with Crippen LogP contribution >= 0.6 is 0 Å². The van der Waals surface area contributed by atoms with Gasteiger partial charge in [-0.1, -0.05) is 13.8 Å². The zero-order chi connectivity index (χ0) is 16.5. The lowest BCUT2D eigenvalue weighted by molar-refractivity contribution is -0.135. The molecule has 0 unspecified atom stereocenters. The quantitative estimate of drug-likeness (QED) is 0.489. The van der Waals surface area contributed by atoms with Crippen molar-refractivity contribution < 1.29 is 19.0 Å². The number of nitrogens with zero attached hydrogens (tertiary/aromatic N) is 1. The number of carbonyl (C=O) groups is 1. The number of allylic oxidation sites excluding steroid dienone is 1. The van der Waals surface area contributed by atoms with Gasteiger partial charge in [0.1, 0.15) is 0 Å². The third-order valence-corrected chi connectivity index (χ3v) is 3.97. The van der Waals surface area contributed by atoms with E-state index in [0.717, 1.165) is 11.1 Å². The molecule has 0 saturated heterocycles. The number of fused-ring (bicyclic) bond motifs is 1. The third kappa shape index (κ3) is 2.41. The molecule has 0 aromatic heterocycles. The Hall–Kier alpha value is -2.48. The number of rotatable bonds is 3. The van der Waals surface area contributed by atoms with Crippen LogP contribution in [-0.4, -0.2) is 27.3 Å². The molecule has 0 saturated carbocycles. The van der Waals surface area contributed by atoms with Gasteiger partial charge in [-0.3, -0.25) is 4.79 Å². The summed E-state index contributed by atoms with van der Waals surface area (Å²) in [6.07, 6.45) is 0.589. The molecule has 1 aromatic rings. The lowest BCUT2D eigenvalue weighted by atomic mass is 9.86. The zero-order valence-electron chi connectivity index (χ0n) is 13.4. The summed E-state index contributed by atoms with van der Waals surface area (Å²) in [5.41, 5.74) is 2.40. The van der Waals surface area contributed by atoms with Crippen LogP contribution in [0.25, 0.3) is 10.4 Å². The maximum atomic E-state index is 11.9. The summed E-state index contributed by atoms with van der Waals surface area (Å²) in [6, 6.07) is 3.74. The summed E-state index contributed by atoms with van der Waals surface area (Å²) in [5, 5.41) is 0. The molecule has 0 radical (unpaired) electrons. The van der Waals surface area contributed by atoms with Crippen molar-refractivity contribution in [1.82, 2.24) is 0 Å². The van der Waals surface area contributed by atoms with Crippen LogP contribution in [0.5, 0.6) is 11.5 Å². The largest absolute Gasteiger partial charge is 0.493 e. The number of carbonyl (C=O) groups excluding carboxylic acids is 1. The Labute approximate surface area is 130 Å². The smallest absolute Gasteiger partial charge is 0.336 e. The first kappa shape index (κ1) is 15.9. The minimum Gasteiger partial charge on any atom is -0.493 e. The van der Waals surface area contributed by atoms with Gasteiger partial charge in [-0.05, 0) is 40.7 Å². The van der Waals surface area contributed by atoms with Gasteiger partial charge < -0.3 is 14.2 Å². The van der Waals surface area contributed by atoms with E-state index in [1.54, 1.807) is 14.2 Å². The number of ether oxygens (including phenoxy) is 3. The summed E-state index contributed by atoms with van der Waals surface area (Å²) in [7, 11) is 4.43. The summed E-state index contributed by atoms with van der Waals surface area (Å²) in [5.74, 6) is 0.604. The highest BCUT2D eigenvalue weighted by Crippen LogP contribution is 2.50. The molecule has 0 N–H and O–H groups in total. The summed E-state index contributed by atoms with van der Waals surface area (Å²) in [6.45, 7) is 11.5. The lowest BCUT2D eigenvalue weighted by Crippen LogP contribution is -2.12. The molecule has 22 heavy (non-hydrogen) atoms. The second-order valence-electron chi connectivity index (χ2n) is 5.74. The van der Waals surface area contributed by atoms with Gasteiger partial charge in [0, 0.05) is 0 Å². The van der Waals surface area contributed by atoms with Crippen molar-refractivity contribution >= 4 is 11.5 Å². The van der Waals surface area contributed by atoms with Crippen LogP contribution in [0.3, 0.4) is 0 Å². The molecule has 116 valence electrons. The molecular weight excluding hydrogens is 282 g/mol. The van der Waals surface area contributed by atoms with Gasteiger partial charge >= 0.3 is 5.97 Å². The Bertz CT molecular complexity index is 695. The fourth-order valence-electron chi connectivity index (χ4n) is 2.87. The topological polar surface area (TPSA) is 49.1 Å². The SMILES string of the molecule is [C-]#[N+]C(C(=O)OC)=C1CC(C)(C)c2cc(OC)c(OC)cc21. The maximum Gasteiger partial charge on any atom is 0.336 e. The van der Waals surface area contributed by atoms with E-state index in [1.807, 2.05) is 12.1 Å². The van der Waals surface area contributed by atoms with Crippen molar-refractivity contribution in [3.63, 3.8) is 0 Å². The van der Waals surface area contributed by atoms with E-state index in [4.69, 9.17) is 20.8 Å². The van der Waals surface area contributed by atoms with Crippen molar-refractivity contribution in [2.24, 2.45) is 0 Å². The highest BCUT2D eigenvalue weighted by Gasteiger charge is 2.37. The van der Waals surface area contributed by atoms with Crippen molar-refractivity contribution in [3.8, 4) is 11.5 Å². The van der Waals surface area contributed by atoms with Crippen LogP contribution in [0.4, 0.5) is 0 Å². The van der Waals surface area contributed by atoms with Crippen LogP contribution in [0.1, 0.15) is 31.4 Å². The van der Waals surface area contributed by atoms with E-state index >= 15 is 0 Å². The third-order valence-electron chi connectivity index (χ3n) is 3.97. The Balaban J connectivity index is 2.76. The average molecular weight is 301 g/mol. The second kappa shape index (κ2) is 5.72. The summed E-state index contributed by atoms with van der Waals surface area (Å²) < 4.78 is 15.4. The minimum atomic E-state index is -0.608. The Kier molecular flexibility index (Phi) is 4.14. The van der Waals surface area contributed by atoms with Gasteiger partial charge in [-0.2, -0.15) is 0 Å². The first-order valence-electron chi connectivity index (χ1n) is 6.85. The standard InChI is InChI=1S/C17H19NO4/c1-17(2)9-11(15(18-3)16(19)22-6)10-7-13(20-4)14(21-5)8-12(10)17/h7-8H,9H2,1-2,4-6H3. The van der Waals surface area contributed by atoms with E-state index in [1.165, 1.54) is 7.11 Å². The van der Waals surface area contributed by atoms with Gasteiger partial charge in [0.25, 0.3) is 5.70 Å². The van der Waals surface area contributed by atoms with Gasteiger partial charge in [0.2, 0.25) is 0 Å². The molecule has 0 amide bonds. The average Bonchev–Trinajstić information content (AvgIpc) is 2.77. The monoisotopic (exact) mass is 301 g/mol. The normalized spacial score (nSPS) is 17.3. The Morgan fingerprint density at radius 1 is 1.18 bits per heavy atom. The molecule has 0 atom stereocenters. The van der Waals surface area contributed by atoms with E-state index < -0.39 is 5.97 Å². The summed E-state index contributed by atoms with van der Waals surface area (Å²) in [4.78, 5) is 15.3. The molecule has 5 heteroatoms. The number of benzene rings is 1. The van der Waals surface area contributed by atoms with E-state index in [0.29, 0.717) is 23.5 Å². The molecule has 2 rings (SSSR count). The van der Waals surface area contributed by atoms with E-state index in [-0.39, 0.29) is 11.1 Å². The number of esters is 1. The van der Waals surface area contributed by atoms with Gasteiger partial charge in [-0.15, -0.1) is 0 Å². The molecule has 1 aliphatic carbocycles. The number of methoxy groups -OCH3 is 3. The lowest BCUT2D eigenvalue weighted by Gasteiger charge is -2.19.